The highest BCUT2D eigenvalue weighted by molar-refractivity contribution is 5.39. The second-order valence-corrected chi connectivity index (χ2v) is 6.72. The predicted octanol–water partition coefficient (Wildman–Crippen LogP) is 3.60. The molecule has 0 aliphatic rings. The highest BCUT2D eigenvalue weighted by atomic mass is 16.3. The molecular weight excluding hydrogens is 272 g/mol. The molecule has 3 N–H and O–H groups in total. The van der Waals surface area contributed by atoms with E-state index in [1.807, 2.05) is 42.5 Å². The van der Waals surface area contributed by atoms with Crippen LogP contribution in [0.25, 0.3) is 0 Å². The van der Waals surface area contributed by atoms with Crippen molar-refractivity contribution in [1.82, 2.24) is 4.90 Å². The highest BCUT2D eigenvalue weighted by Crippen LogP contribution is 2.23. The lowest BCUT2D eigenvalue weighted by Gasteiger charge is -2.37. The first kappa shape index (κ1) is 16.5. The number of rotatable bonds is 5. The van der Waals surface area contributed by atoms with Gasteiger partial charge in [-0.15, -0.1) is 0 Å². The first-order valence-electron chi connectivity index (χ1n) is 7.69. The standard InChI is InChI=1S/C19H26N2O/c1-19(2,3)21(13-15-7-5-4-6-8-15)14-18(22)16-9-11-17(20)12-10-16/h4-12,18,22H,13-14,20H2,1-3H3. The molecule has 0 aliphatic heterocycles. The van der Waals surface area contributed by atoms with Crippen LogP contribution in [0.2, 0.25) is 0 Å². The van der Waals surface area contributed by atoms with Crippen LogP contribution in [0.15, 0.2) is 54.6 Å². The fourth-order valence-electron chi connectivity index (χ4n) is 2.41. The SMILES string of the molecule is CC(C)(C)N(Cc1ccccc1)CC(O)c1ccc(N)cc1. The number of anilines is 1. The normalized spacial score (nSPS) is 13.3. The first-order valence-corrected chi connectivity index (χ1v) is 7.69. The van der Waals surface area contributed by atoms with Crippen LogP contribution in [0.3, 0.4) is 0 Å². The summed E-state index contributed by atoms with van der Waals surface area (Å²) in [5.74, 6) is 0. The number of hydrogen-bond donors (Lipinski definition) is 2. The predicted molar refractivity (Wildman–Crippen MR) is 92.4 cm³/mol. The second kappa shape index (κ2) is 6.95. The van der Waals surface area contributed by atoms with Crippen LogP contribution in [0.5, 0.6) is 0 Å². The Bertz CT molecular complexity index is 573. The van der Waals surface area contributed by atoms with Crippen molar-refractivity contribution in [3.8, 4) is 0 Å². The van der Waals surface area contributed by atoms with Crippen molar-refractivity contribution in [2.24, 2.45) is 0 Å². The minimum absolute atomic E-state index is 0.0232. The summed E-state index contributed by atoms with van der Waals surface area (Å²) in [6.45, 7) is 7.92. The molecule has 0 heterocycles. The van der Waals surface area contributed by atoms with Crippen LogP contribution in [0.1, 0.15) is 38.0 Å². The molecule has 3 heteroatoms. The zero-order chi connectivity index (χ0) is 16.2. The maximum atomic E-state index is 10.5. The summed E-state index contributed by atoms with van der Waals surface area (Å²) in [7, 11) is 0. The molecule has 0 saturated heterocycles. The molecule has 0 spiro atoms. The number of benzene rings is 2. The first-order chi connectivity index (χ1) is 10.4. The Morgan fingerprint density at radius 1 is 1.00 bits per heavy atom. The maximum absolute atomic E-state index is 10.5. The summed E-state index contributed by atoms with van der Waals surface area (Å²) in [5, 5.41) is 10.5. The highest BCUT2D eigenvalue weighted by Gasteiger charge is 2.24. The van der Waals surface area contributed by atoms with Gasteiger partial charge in [-0.2, -0.15) is 0 Å². The molecule has 0 bridgehead atoms. The summed E-state index contributed by atoms with van der Waals surface area (Å²) < 4.78 is 0. The van der Waals surface area contributed by atoms with Gasteiger partial charge in [-0.1, -0.05) is 42.5 Å². The van der Waals surface area contributed by atoms with Gasteiger partial charge in [0.2, 0.25) is 0 Å². The Morgan fingerprint density at radius 2 is 1.59 bits per heavy atom. The van der Waals surface area contributed by atoms with Crippen LogP contribution in [0.4, 0.5) is 5.69 Å². The molecule has 0 aromatic heterocycles. The zero-order valence-electron chi connectivity index (χ0n) is 13.7. The van der Waals surface area contributed by atoms with Gasteiger partial charge >= 0.3 is 0 Å². The third kappa shape index (κ3) is 4.58. The molecule has 22 heavy (non-hydrogen) atoms. The molecule has 0 radical (unpaired) electrons. The fourth-order valence-corrected chi connectivity index (χ4v) is 2.41. The molecule has 0 saturated carbocycles. The van der Waals surface area contributed by atoms with E-state index >= 15 is 0 Å². The van der Waals surface area contributed by atoms with Crippen LogP contribution in [-0.4, -0.2) is 22.1 Å². The molecule has 1 unspecified atom stereocenters. The number of aliphatic hydroxyl groups is 1. The Labute approximate surface area is 133 Å². The van der Waals surface area contributed by atoms with E-state index in [9.17, 15) is 5.11 Å². The number of nitrogens with two attached hydrogens (primary N) is 1. The van der Waals surface area contributed by atoms with E-state index in [1.165, 1.54) is 5.56 Å². The van der Waals surface area contributed by atoms with E-state index in [2.05, 4.69) is 37.8 Å². The topological polar surface area (TPSA) is 49.5 Å². The van der Waals surface area contributed by atoms with Crippen LogP contribution in [0, 0.1) is 0 Å². The van der Waals surface area contributed by atoms with Crippen molar-refractivity contribution in [2.75, 3.05) is 12.3 Å². The van der Waals surface area contributed by atoms with E-state index in [0.717, 1.165) is 12.1 Å². The van der Waals surface area contributed by atoms with Crippen LogP contribution < -0.4 is 5.73 Å². The third-order valence-corrected chi connectivity index (χ3v) is 3.88. The van der Waals surface area contributed by atoms with E-state index < -0.39 is 6.10 Å². The number of nitrogens with zero attached hydrogens (tertiary/aromatic N) is 1. The van der Waals surface area contributed by atoms with Gasteiger partial charge in [0.25, 0.3) is 0 Å². The molecule has 0 fully saturated rings. The summed E-state index contributed by atoms with van der Waals surface area (Å²) in [4.78, 5) is 2.29. The molecule has 0 amide bonds. The van der Waals surface area contributed by atoms with Gasteiger partial charge in [0, 0.05) is 24.3 Å². The van der Waals surface area contributed by atoms with Gasteiger partial charge in [-0.3, -0.25) is 4.90 Å². The monoisotopic (exact) mass is 298 g/mol. The largest absolute Gasteiger partial charge is 0.399 e. The molecular formula is C19H26N2O. The minimum Gasteiger partial charge on any atom is -0.399 e. The molecule has 0 aliphatic carbocycles. The lowest BCUT2D eigenvalue weighted by atomic mass is 10.0. The number of nitrogen functional groups attached to an aromatic ring is 1. The van der Waals surface area contributed by atoms with E-state index in [-0.39, 0.29) is 5.54 Å². The van der Waals surface area contributed by atoms with Crippen molar-refractivity contribution >= 4 is 5.69 Å². The quantitative estimate of drug-likeness (QED) is 0.829. The summed E-state index contributed by atoms with van der Waals surface area (Å²) >= 11 is 0. The molecule has 2 aromatic rings. The Morgan fingerprint density at radius 3 is 2.14 bits per heavy atom. The molecule has 118 valence electrons. The molecule has 3 nitrogen and oxygen atoms in total. The van der Waals surface area contributed by atoms with Gasteiger partial charge in [-0.25, -0.2) is 0 Å². The van der Waals surface area contributed by atoms with E-state index in [4.69, 9.17) is 5.73 Å². The average molecular weight is 298 g/mol. The van der Waals surface area contributed by atoms with Gasteiger partial charge in [0.05, 0.1) is 6.10 Å². The fraction of sp³-hybridized carbons (Fsp3) is 0.368. The Balaban J connectivity index is 2.11. The van der Waals surface area contributed by atoms with Crippen molar-refractivity contribution in [1.29, 1.82) is 0 Å². The third-order valence-electron chi connectivity index (χ3n) is 3.88. The molecule has 2 aromatic carbocycles. The Hall–Kier alpha value is -1.84. The number of β-amino-alcohol motifs (C(OH)–C–C–N with tert-alkyl or cyclic N) is 1. The number of aliphatic hydroxyl groups excluding tert-OH is 1. The van der Waals surface area contributed by atoms with Crippen molar-refractivity contribution in [3.63, 3.8) is 0 Å². The smallest absolute Gasteiger partial charge is 0.0917 e. The van der Waals surface area contributed by atoms with Crippen molar-refractivity contribution in [3.05, 3.63) is 65.7 Å². The summed E-state index contributed by atoms with van der Waals surface area (Å²) in [5.41, 5.74) is 8.55. The second-order valence-electron chi connectivity index (χ2n) is 6.72. The number of hydrogen-bond acceptors (Lipinski definition) is 3. The Kier molecular flexibility index (Phi) is 5.22. The summed E-state index contributed by atoms with van der Waals surface area (Å²) in [6.07, 6.45) is -0.525. The van der Waals surface area contributed by atoms with Gasteiger partial charge in [0.15, 0.2) is 0 Å². The lowest BCUT2D eigenvalue weighted by molar-refractivity contribution is 0.0523. The zero-order valence-corrected chi connectivity index (χ0v) is 13.7. The van der Waals surface area contributed by atoms with Gasteiger partial charge in [-0.05, 0) is 44.0 Å². The minimum atomic E-state index is -0.525. The summed E-state index contributed by atoms with van der Waals surface area (Å²) in [6, 6.07) is 17.8. The van der Waals surface area contributed by atoms with Crippen LogP contribution in [-0.2, 0) is 6.54 Å². The van der Waals surface area contributed by atoms with Gasteiger partial charge in [0.1, 0.15) is 0 Å². The van der Waals surface area contributed by atoms with Crippen molar-refractivity contribution < 1.29 is 5.11 Å². The molecule has 1 atom stereocenters. The molecule has 2 rings (SSSR count). The van der Waals surface area contributed by atoms with Crippen molar-refractivity contribution in [2.45, 2.75) is 39.0 Å². The lowest BCUT2D eigenvalue weighted by Crippen LogP contribution is -2.43. The maximum Gasteiger partial charge on any atom is 0.0917 e. The van der Waals surface area contributed by atoms with Gasteiger partial charge < -0.3 is 10.8 Å². The van der Waals surface area contributed by atoms with E-state index in [1.54, 1.807) is 0 Å². The van der Waals surface area contributed by atoms with Crippen LogP contribution >= 0.6 is 0 Å². The van der Waals surface area contributed by atoms with E-state index in [0.29, 0.717) is 12.2 Å². The average Bonchev–Trinajstić information content (AvgIpc) is 2.47.